The fourth-order valence-electron chi connectivity index (χ4n) is 4.11. The van der Waals surface area contributed by atoms with E-state index in [9.17, 15) is 35.4 Å². The van der Waals surface area contributed by atoms with Crippen LogP contribution in [0.25, 0.3) is 18.2 Å². The summed E-state index contributed by atoms with van der Waals surface area (Å²) in [6, 6.07) is 15.1. The van der Waals surface area contributed by atoms with Crippen LogP contribution in [-0.4, -0.2) is 81.0 Å². The van der Waals surface area contributed by atoms with Crippen molar-refractivity contribution in [3.8, 4) is 28.7 Å². The largest absolute Gasteiger partial charge is 0.508 e. The number of aliphatic hydroxyl groups is 3. The normalized spacial score (nSPS) is 22.6. The molecule has 0 saturated carbocycles. The summed E-state index contributed by atoms with van der Waals surface area (Å²) in [7, 11) is 1.44. The molecule has 5 atom stereocenters. The Bertz CT molecular complexity index is 1400. The van der Waals surface area contributed by atoms with Gasteiger partial charge in [-0.05, 0) is 59.2 Å². The van der Waals surface area contributed by atoms with Crippen molar-refractivity contribution in [3.05, 3.63) is 83.4 Å². The van der Waals surface area contributed by atoms with E-state index in [1.54, 1.807) is 36.4 Å². The van der Waals surface area contributed by atoms with E-state index in [1.807, 2.05) is 0 Å². The number of methoxy groups -OCH3 is 1. The van der Waals surface area contributed by atoms with Gasteiger partial charge in [-0.3, -0.25) is 0 Å². The Morgan fingerprint density at radius 3 is 2.24 bits per heavy atom. The summed E-state index contributed by atoms with van der Waals surface area (Å²) < 4.78 is 21.8. The number of aromatic hydroxyl groups is 3. The summed E-state index contributed by atoms with van der Waals surface area (Å²) in [4.78, 5) is 12.6. The fraction of sp³-hybridized carbons (Fsp3) is 0.233. The number of rotatable bonds is 9. The van der Waals surface area contributed by atoms with Crippen molar-refractivity contribution in [1.29, 1.82) is 0 Å². The van der Waals surface area contributed by atoms with Crippen LogP contribution in [-0.2, 0) is 14.3 Å². The third-order valence-corrected chi connectivity index (χ3v) is 6.22. The Labute approximate surface area is 235 Å². The average Bonchev–Trinajstić information content (AvgIpc) is 2.95. The van der Waals surface area contributed by atoms with Gasteiger partial charge in [0.2, 0.25) is 6.29 Å². The zero-order valence-electron chi connectivity index (χ0n) is 21.9. The molecule has 0 radical (unpaired) electrons. The topological polar surface area (TPSA) is 175 Å². The molecule has 1 aliphatic heterocycles. The number of esters is 1. The van der Waals surface area contributed by atoms with Gasteiger partial charge in [0, 0.05) is 12.1 Å². The van der Waals surface area contributed by atoms with Crippen LogP contribution in [0.3, 0.4) is 0 Å². The summed E-state index contributed by atoms with van der Waals surface area (Å²) >= 11 is 0. The molecule has 11 heteroatoms. The fourth-order valence-corrected chi connectivity index (χ4v) is 4.11. The third kappa shape index (κ3) is 7.56. The van der Waals surface area contributed by atoms with Crippen molar-refractivity contribution in [3.63, 3.8) is 0 Å². The van der Waals surface area contributed by atoms with Crippen LogP contribution in [0.1, 0.15) is 16.7 Å². The van der Waals surface area contributed by atoms with Gasteiger partial charge >= 0.3 is 5.97 Å². The maximum absolute atomic E-state index is 12.6. The van der Waals surface area contributed by atoms with E-state index in [0.717, 1.165) is 6.08 Å². The predicted molar refractivity (Wildman–Crippen MR) is 147 cm³/mol. The van der Waals surface area contributed by atoms with Gasteiger partial charge in [0.25, 0.3) is 0 Å². The Kier molecular flexibility index (Phi) is 9.48. The highest BCUT2D eigenvalue weighted by atomic mass is 16.7. The maximum atomic E-state index is 12.6. The highest BCUT2D eigenvalue weighted by Crippen LogP contribution is 2.31. The lowest BCUT2D eigenvalue weighted by Crippen LogP contribution is -2.61. The number of hydrogen-bond acceptors (Lipinski definition) is 11. The summed E-state index contributed by atoms with van der Waals surface area (Å²) in [5, 5.41) is 60.3. The van der Waals surface area contributed by atoms with E-state index in [4.69, 9.17) is 18.9 Å². The highest BCUT2D eigenvalue weighted by Gasteiger charge is 2.47. The summed E-state index contributed by atoms with van der Waals surface area (Å²) in [6.07, 6.45) is -1.61. The molecule has 3 aromatic carbocycles. The summed E-state index contributed by atoms with van der Waals surface area (Å²) in [5.74, 6) is -0.626. The second-order valence-corrected chi connectivity index (χ2v) is 9.18. The lowest BCUT2D eigenvalue weighted by Gasteiger charge is -2.41. The Balaban J connectivity index is 1.53. The van der Waals surface area contributed by atoms with Crippen LogP contribution in [0.15, 0.2) is 66.7 Å². The molecule has 0 unspecified atom stereocenters. The molecule has 6 N–H and O–H groups in total. The van der Waals surface area contributed by atoms with Crippen molar-refractivity contribution >= 4 is 24.2 Å². The number of carbonyl (C=O) groups excluding carboxylic acids is 1. The quantitative estimate of drug-likeness (QED) is 0.127. The molecule has 1 aliphatic rings. The first-order valence-corrected chi connectivity index (χ1v) is 12.5. The molecular formula is C30H30O11. The molecule has 1 saturated heterocycles. The van der Waals surface area contributed by atoms with Crippen molar-refractivity contribution in [2.75, 3.05) is 13.7 Å². The highest BCUT2D eigenvalue weighted by molar-refractivity contribution is 5.87. The summed E-state index contributed by atoms with van der Waals surface area (Å²) in [6.45, 7) is -0.651. The van der Waals surface area contributed by atoms with Crippen LogP contribution in [0, 0.1) is 0 Å². The first-order chi connectivity index (χ1) is 19.7. The van der Waals surface area contributed by atoms with Crippen molar-refractivity contribution < 1.29 is 54.4 Å². The van der Waals surface area contributed by atoms with Crippen LogP contribution in [0.4, 0.5) is 0 Å². The number of aliphatic hydroxyl groups excluding tert-OH is 3. The van der Waals surface area contributed by atoms with Gasteiger partial charge in [-0.2, -0.15) is 0 Å². The number of hydrogen-bond donors (Lipinski definition) is 6. The van der Waals surface area contributed by atoms with Crippen LogP contribution in [0.5, 0.6) is 28.7 Å². The maximum Gasteiger partial charge on any atom is 0.331 e. The number of benzene rings is 3. The van der Waals surface area contributed by atoms with Gasteiger partial charge in [0.15, 0.2) is 17.6 Å². The Morgan fingerprint density at radius 1 is 0.854 bits per heavy atom. The second kappa shape index (κ2) is 13.2. The molecule has 4 rings (SSSR count). The molecule has 0 amide bonds. The minimum Gasteiger partial charge on any atom is -0.508 e. The van der Waals surface area contributed by atoms with Gasteiger partial charge in [0.05, 0.1) is 13.7 Å². The van der Waals surface area contributed by atoms with Crippen molar-refractivity contribution in [1.82, 2.24) is 0 Å². The molecule has 1 heterocycles. The summed E-state index contributed by atoms with van der Waals surface area (Å²) in [5.41, 5.74) is 1.74. The first kappa shape index (κ1) is 29.4. The Hall–Kier alpha value is -4.55. The molecular weight excluding hydrogens is 536 g/mol. The van der Waals surface area contributed by atoms with Gasteiger partial charge in [-0.25, -0.2) is 4.79 Å². The lowest BCUT2D eigenvalue weighted by molar-refractivity contribution is -0.281. The third-order valence-electron chi connectivity index (χ3n) is 6.22. The van der Waals surface area contributed by atoms with Gasteiger partial charge in [-0.15, -0.1) is 0 Å². The van der Waals surface area contributed by atoms with E-state index in [2.05, 4.69) is 0 Å². The molecule has 0 aromatic heterocycles. The predicted octanol–water partition coefficient (Wildman–Crippen LogP) is 2.43. The second-order valence-electron chi connectivity index (χ2n) is 9.18. The zero-order chi connectivity index (χ0) is 29.5. The molecule has 0 spiro atoms. The van der Waals surface area contributed by atoms with E-state index in [0.29, 0.717) is 22.4 Å². The smallest absolute Gasteiger partial charge is 0.331 e. The molecule has 0 bridgehead atoms. The van der Waals surface area contributed by atoms with E-state index < -0.39 is 43.3 Å². The van der Waals surface area contributed by atoms with E-state index >= 15 is 0 Å². The van der Waals surface area contributed by atoms with E-state index in [-0.39, 0.29) is 23.0 Å². The van der Waals surface area contributed by atoms with Crippen molar-refractivity contribution in [2.24, 2.45) is 0 Å². The van der Waals surface area contributed by atoms with E-state index in [1.165, 1.54) is 49.6 Å². The Morgan fingerprint density at radius 2 is 1.56 bits per heavy atom. The SMILES string of the molecule is COc1ccc(/C=C\c2cc(O)cc(O[C@@H]3O[C@@H](CO)[C@@H](O)[C@H](O)[C@H]3OC(=O)/C=C\c3ccc(O)cc3)c2)cc1O. The molecule has 11 nitrogen and oxygen atoms in total. The standard InChI is InChI=1S/C30H30O11/c1-38-24-10-6-18(14-23(24)34)2-3-19-12-21(33)15-22(13-19)39-30-29(28(37)27(36)25(16-31)40-30)41-26(35)11-7-17-4-8-20(32)9-5-17/h2-15,25,27-34,36-37H,16H2,1H3/b3-2-,11-7-/t25-,27+,28-,29+,30+/m0/s1. The number of phenols is 3. The minimum absolute atomic E-state index is 0.0401. The lowest BCUT2D eigenvalue weighted by atomic mass is 9.99. The van der Waals surface area contributed by atoms with Crippen LogP contribution in [0.2, 0.25) is 0 Å². The monoisotopic (exact) mass is 566 g/mol. The van der Waals surface area contributed by atoms with Crippen LogP contribution >= 0.6 is 0 Å². The van der Waals surface area contributed by atoms with Crippen LogP contribution < -0.4 is 9.47 Å². The molecule has 216 valence electrons. The molecule has 41 heavy (non-hydrogen) atoms. The first-order valence-electron chi connectivity index (χ1n) is 12.5. The molecule has 0 aliphatic carbocycles. The number of phenolic OH excluding ortho intramolecular Hbond substituents is 3. The van der Waals surface area contributed by atoms with Gasteiger partial charge < -0.3 is 49.6 Å². The zero-order valence-corrected chi connectivity index (χ0v) is 21.9. The molecule has 1 fully saturated rings. The van der Waals surface area contributed by atoms with Crippen molar-refractivity contribution in [2.45, 2.75) is 30.7 Å². The number of ether oxygens (including phenoxy) is 4. The average molecular weight is 567 g/mol. The molecule has 3 aromatic rings. The minimum atomic E-state index is -1.67. The number of carbonyl (C=O) groups is 1. The van der Waals surface area contributed by atoms with Gasteiger partial charge in [-0.1, -0.05) is 30.4 Å². The van der Waals surface area contributed by atoms with Gasteiger partial charge in [0.1, 0.15) is 35.6 Å².